The van der Waals surface area contributed by atoms with Crippen LogP contribution in [-0.2, 0) is 16.6 Å². The Balaban J connectivity index is 1.94. The minimum Gasteiger partial charge on any atom is -0.359 e. The first-order chi connectivity index (χ1) is 10.4. The van der Waals surface area contributed by atoms with Gasteiger partial charge in [-0.2, -0.15) is 4.37 Å². The van der Waals surface area contributed by atoms with E-state index in [0.29, 0.717) is 25.2 Å². The number of nitrogens with zero attached hydrogens (tertiary/aromatic N) is 2. The molecule has 0 fully saturated rings. The summed E-state index contributed by atoms with van der Waals surface area (Å²) in [7, 11) is 0. The van der Waals surface area contributed by atoms with Crippen molar-refractivity contribution in [1.82, 2.24) is 9.36 Å². The first-order valence-electron chi connectivity index (χ1n) is 7.19. The molecule has 4 nitrogen and oxygen atoms in total. The van der Waals surface area contributed by atoms with Gasteiger partial charge in [-0.3, -0.25) is 0 Å². The lowest BCUT2D eigenvalue weighted by Crippen LogP contribution is -2.27. The minimum absolute atomic E-state index is 0.141. The van der Waals surface area contributed by atoms with Crippen molar-refractivity contribution >= 4 is 22.4 Å². The van der Waals surface area contributed by atoms with Gasteiger partial charge in [-0.05, 0) is 24.6 Å². The fraction of sp³-hybridized carbons (Fsp3) is 0.438. The van der Waals surface area contributed by atoms with Crippen molar-refractivity contribution in [3.63, 3.8) is 0 Å². The van der Waals surface area contributed by atoms with Gasteiger partial charge in [0.15, 0.2) is 0 Å². The maximum atomic E-state index is 13.0. The van der Waals surface area contributed by atoms with Crippen LogP contribution in [0.5, 0.6) is 0 Å². The van der Waals surface area contributed by atoms with Crippen LogP contribution >= 0.6 is 11.5 Å². The molecule has 118 valence electrons. The summed E-state index contributed by atoms with van der Waals surface area (Å²) in [5.74, 6) is 0.607. The lowest BCUT2D eigenvalue weighted by Gasteiger charge is -2.25. The van der Waals surface area contributed by atoms with E-state index >= 15 is 0 Å². The molecular formula is C16H20FN3OS. The van der Waals surface area contributed by atoms with Gasteiger partial charge in [-0.1, -0.05) is 26.0 Å². The van der Waals surface area contributed by atoms with E-state index in [-0.39, 0.29) is 17.0 Å². The van der Waals surface area contributed by atoms with Crippen molar-refractivity contribution in [2.75, 3.05) is 11.9 Å². The normalized spacial score (nSPS) is 11.5. The van der Waals surface area contributed by atoms with Crippen molar-refractivity contribution in [3.05, 3.63) is 41.5 Å². The predicted octanol–water partition coefficient (Wildman–Crippen LogP) is 3.59. The van der Waals surface area contributed by atoms with Crippen LogP contribution in [-0.4, -0.2) is 21.7 Å². The molecule has 22 heavy (non-hydrogen) atoms. The van der Waals surface area contributed by atoms with Crippen LogP contribution in [0, 0.1) is 5.82 Å². The standard InChI is InChI=1S/C16H20FN3OS/c1-11(21)4-9-14-19-15(22-20-14)18-10-16(2,3)12-5-7-13(17)8-6-12/h5-8H,4,9-10H2,1-3H3,(H,18,19,20). The number of carbonyl (C=O) groups excluding carboxylic acids is 1. The number of ketones is 1. The molecule has 0 radical (unpaired) electrons. The van der Waals surface area contributed by atoms with Gasteiger partial charge in [0.25, 0.3) is 0 Å². The van der Waals surface area contributed by atoms with Gasteiger partial charge in [0.05, 0.1) is 0 Å². The zero-order chi connectivity index (χ0) is 16.2. The van der Waals surface area contributed by atoms with E-state index in [9.17, 15) is 9.18 Å². The highest BCUT2D eigenvalue weighted by Gasteiger charge is 2.21. The van der Waals surface area contributed by atoms with E-state index in [4.69, 9.17) is 0 Å². The fourth-order valence-electron chi connectivity index (χ4n) is 2.01. The zero-order valence-corrected chi connectivity index (χ0v) is 13.8. The summed E-state index contributed by atoms with van der Waals surface area (Å²) in [4.78, 5) is 15.3. The van der Waals surface area contributed by atoms with Crippen molar-refractivity contribution < 1.29 is 9.18 Å². The van der Waals surface area contributed by atoms with Gasteiger partial charge in [0, 0.05) is 36.3 Å². The second-order valence-electron chi connectivity index (χ2n) is 5.96. The van der Waals surface area contributed by atoms with Crippen LogP contribution in [0.1, 0.15) is 38.6 Å². The number of hydrogen-bond acceptors (Lipinski definition) is 5. The lowest BCUT2D eigenvalue weighted by atomic mass is 9.85. The molecule has 0 aliphatic rings. The molecule has 0 aliphatic carbocycles. The Kier molecular flexibility index (Phi) is 5.24. The number of hydrogen-bond donors (Lipinski definition) is 1. The average molecular weight is 321 g/mol. The Bertz CT molecular complexity index is 637. The second-order valence-corrected chi connectivity index (χ2v) is 6.71. The monoisotopic (exact) mass is 321 g/mol. The lowest BCUT2D eigenvalue weighted by molar-refractivity contribution is -0.117. The maximum Gasteiger partial charge on any atom is 0.202 e. The smallest absolute Gasteiger partial charge is 0.202 e. The Morgan fingerprint density at radius 3 is 2.64 bits per heavy atom. The summed E-state index contributed by atoms with van der Waals surface area (Å²) >= 11 is 1.30. The van der Waals surface area contributed by atoms with Crippen molar-refractivity contribution in [2.45, 2.75) is 39.0 Å². The molecule has 0 atom stereocenters. The molecule has 0 unspecified atom stereocenters. The summed E-state index contributed by atoms with van der Waals surface area (Å²) in [5, 5.41) is 4.02. The molecule has 0 spiro atoms. The number of nitrogens with one attached hydrogen (secondary N) is 1. The molecule has 6 heteroatoms. The number of benzene rings is 1. The molecule has 1 aromatic heterocycles. The third kappa shape index (κ3) is 4.59. The maximum absolute atomic E-state index is 13.0. The van der Waals surface area contributed by atoms with E-state index in [1.54, 1.807) is 19.1 Å². The molecule has 0 aliphatic heterocycles. The number of Topliss-reactive ketones (excluding diaryl/α,β-unsaturated/α-hetero) is 1. The Hall–Kier alpha value is -1.82. The molecule has 2 rings (SSSR count). The van der Waals surface area contributed by atoms with Gasteiger partial charge < -0.3 is 10.1 Å². The predicted molar refractivity (Wildman–Crippen MR) is 86.8 cm³/mol. The highest BCUT2D eigenvalue weighted by atomic mass is 32.1. The molecule has 0 amide bonds. The second kappa shape index (κ2) is 6.96. The first kappa shape index (κ1) is 16.5. The molecule has 0 saturated carbocycles. The van der Waals surface area contributed by atoms with Crippen LogP contribution in [0.15, 0.2) is 24.3 Å². The molecule has 0 saturated heterocycles. The number of halogens is 1. The van der Waals surface area contributed by atoms with Crippen LogP contribution < -0.4 is 5.32 Å². The van der Waals surface area contributed by atoms with E-state index in [2.05, 4.69) is 28.5 Å². The summed E-state index contributed by atoms with van der Waals surface area (Å²) in [5.41, 5.74) is 0.904. The number of aryl methyl sites for hydroxylation is 1. The topological polar surface area (TPSA) is 54.9 Å². The van der Waals surface area contributed by atoms with Gasteiger partial charge in [0.1, 0.15) is 17.4 Å². The summed E-state index contributed by atoms with van der Waals surface area (Å²) in [6.07, 6.45) is 1.05. The number of anilines is 1. The van der Waals surface area contributed by atoms with Gasteiger partial charge >= 0.3 is 0 Å². The summed E-state index contributed by atoms with van der Waals surface area (Å²) in [6.45, 7) is 6.41. The Morgan fingerprint density at radius 1 is 1.32 bits per heavy atom. The van der Waals surface area contributed by atoms with E-state index < -0.39 is 0 Å². The fourth-order valence-corrected chi connectivity index (χ4v) is 2.62. The summed E-state index contributed by atoms with van der Waals surface area (Å²) < 4.78 is 17.2. The van der Waals surface area contributed by atoms with E-state index in [1.807, 2.05) is 0 Å². The minimum atomic E-state index is -0.230. The SMILES string of the molecule is CC(=O)CCc1nsc(NCC(C)(C)c2ccc(F)cc2)n1. The Labute approximate surface area is 134 Å². The third-order valence-electron chi connectivity index (χ3n) is 3.48. The van der Waals surface area contributed by atoms with E-state index in [0.717, 1.165) is 10.7 Å². The number of aromatic nitrogens is 2. The molecular weight excluding hydrogens is 301 g/mol. The number of rotatable bonds is 7. The highest BCUT2D eigenvalue weighted by molar-refractivity contribution is 7.09. The largest absolute Gasteiger partial charge is 0.359 e. The van der Waals surface area contributed by atoms with Crippen molar-refractivity contribution in [3.8, 4) is 0 Å². The van der Waals surface area contributed by atoms with Crippen molar-refractivity contribution in [1.29, 1.82) is 0 Å². The van der Waals surface area contributed by atoms with Gasteiger partial charge in [-0.15, -0.1) is 0 Å². The average Bonchev–Trinajstić information content (AvgIpc) is 2.92. The number of carbonyl (C=O) groups is 1. The van der Waals surface area contributed by atoms with Crippen LogP contribution in [0.4, 0.5) is 9.52 Å². The van der Waals surface area contributed by atoms with Gasteiger partial charge in [-0.25, -0.2) is 9.37 Å². The van der Waals surface area contributed by atoms with Gasteiger partial charge in [0.2, 0.25) is 5.13 Å². The first-order valence-corrected chi connectivity index (χ1v) is 7.96. The third-order valence-corrected chi connectivity index (χ3v) is 4.19. The summed E-state index contributed by atoms with van der Waals surface area (Å²) in [6, 6.07) is 6.55. The zero-order valence-electron chi connectivity index (χ0n) is 13.0. The molecule has 1 N–H and O–H groups in total. The molecule has 2 aromatic rings. The molecule has 1 heterocycles. The van der Waals surface area contributed by atoms with Crippen LogP contribution in [0.3, 0.4) is 0 Å². The quantitative estimate of drug-likeness (QED) is 0.847. The van der Waals surface area contributed by atoms with Crippen LogP contribution in [0.25, 0.3) is 0 Å². The van der Waals surface area contributed by atoms with E-state index in [1.165, 1.54) is 23.7 Å². The molecule has 0 bridgehead atoms. The highest BCUT2D eigenvalue weighted by Crippen LogP contribution is 2.24. The molecule has 1 aromatic carbocycles. The van der Waals surface area contributed by atoms with Crippen molar-refractivity contribution in [2.24, 2.45) is 0 Å². The van der Waals surface area contributed by atoms with Crippen LogP contribution in [0.2, 0.25) is 0 Å². The Morgan fingerprint density at radius 2 is 2.00 bits per heavy atom.